The molecule has 0 radical (unpaired) electrons. The van der Waals surface area contributed by atoms with Crippen molar-refractivity contribution in [1.82, 2.24) is 9.55 Å². The minimum absolute atomic E-state index is 0.0835. The largest absolute Gasteiger partial charge is 0.331 e. The summed E-state index contributed by atoms with van der Waals surface area (Å²) in [6.45, 7) is 6.31. The van der Waals surface area contributed by atoms with E-state index >= 15 is 0 Å². The van der Waals surface area contributed by atoms with E-state index in [0.29, 0.717) is 5.15 Å². The monoisotopic (exact) mass is 158 g/mol. The summed E-state index contributed by atoms with van der Waals surface area (Å²) in [6.07, 6.45) is 3.56. The summed E-state index contributed by atoms with van der Waals surface area (Å²) in [5.41, 5.74) is 0.0835. The van der Waals surface area contributed by atoms with Gasteiger partial charge in [0.1, 0.15) is 5.15 Å². The molecule has 1 aromatic heterocycles. The fourth-order valence-electron chi connectivity index (χ4n) is 0.666. The fourth-order valence-corrected chi connectivity index (χ4v) is 0.814. The van der Waals surface area contributed by atoms with Crippen molar-refractivity contribution < 1.29 is 0 Å². The molecular formula is C7H11ClN2. The Hall–Kier alpha value is -0.500. The zero-order valence-corrected chi connectivity index (χ0v) is 7.18. The van der Waals surface area contributed by atoms with Crippen molar-refractivity contribution in [3.8, 4) is 0 Å². The van der Waals surface area contributed by atoms with Gasteiger partial charge in [0.25, 0.3) is 0 Å². The summed E-state index contributed by atoms with van der Waals surface area (Å²) in [4.78, 5) is 3.91. The molecule has 0 fully saturated rings. The van der Waals surface area contributed by atoms with Gasteiger partial charge in [0.05, 0.1) is 6.33 Å². The number of aromatic nitrogens is 2. The Morgan fingerprint density at radius 3 is 2.30 bits per heavy atom. The minimum atomic E-state index is 0.0835. The van der Waals surface area contributed by atoms with Gasteiger partial charge < -0.3 is 4.57 Å². The van der Waals surface area contributed by atoms with Gasteiger partial charge in [-0.2, -0.15) is 0 Å². The number of hydrogen-bond donors (Lipinski definition) is 0. The van der Waals surface area contributed by atoms with Gasteiger partial charge in [0.2, 0.25) is 0 Å². The number of imidazole rings is 1. The molecule has 2 nitrogen and oxygen atoms in total. The molecule has 0 spiro atoms. The van der Waals surface area contributed by atoms with Gasteiger partial charge in [-0.25, -0.2) is 4.98 Å². The molecule has 0 saturated carbocycles. The van der Waals surface area contributed by atoms with Gasteiger partial charge in [-0.15, -0.1) is 0 Å². The Morgan fingerprint density at radius 2 is 2.10 bits per heavy atom. The standard InChI is InChI=1S/C7H11ClN2/c1-7(2,3)10-4-6(8)9-5-10/h4-5H,1-3H3. The summed E-state index contributed by atoms with van der Waals surface area (Å²) >= 11 is 5.63. The van der Waals surface area contributed by atoms with Crippen LogP contribution in [0.4, 0.5) is 0 Å². The molecule has 0 saturated heterocycles. The van der Waals surface area contributed by atoms with Crippen LogP contribution in [0, 0.1) is 0 Å². The SMILES string of the molecule is CC(C)(C)n1cnc(Cl)c1. The van der Waals surface area contributed by atoms with Crippen LogP contribution in [0.15, 0.2) is 12.5 Å². The normalized spacial score (nSPS) is 12.0. The van der Waals surface area contributed by atoms with Crippen LogP contribution in [0.3, 0.4) is 0 Å². The van der Waals surface area contributed by atoms with Crippen LogP contribution in [0.1, 0.15) is 20.8 Å². The van der Waals surface area contributed by atoms with E-state index in [1.54, 1.807) is 6.33 Å². The van der Waals surface area contributed by atoms with E-state index < -0.39 is 0 Å². The van der Waals surface area contributed by atoms with Gasteiger partial charge in [-0.05, 0) is 20.8 Å². The highest BCUT2D eigenvalue weighted by Gasteiger charge is 2.11. The molecule has 1 aromatic rings. The lowest BCUT2D eigenvalue weighted by molar-refractivity contribution is 0.396. The highest BCUT2D eigenvalue weighted by Crippen LogP contribution is 2.15. The van der Waals surface area contributed by atoms with Gasteiger partial charge in [-0.1, -0.05) is 11.6 Å². The smallest absolute Gasteiger partial charge is 0.147 e. The fraction of sp³-hybridized carbons (Fsp3) is 0.571. The van der Waals surface area contributed by atoms with E-state index in [0.717, 1.165) is 0 Å². The number of rotatable bonds is 0. The van der Waals surface area contributed by atoms with Gasteiger partial charge in [0.15, 0.2) is 0 Å². The molecule has 1 rings (SSSR count). The molecule has 0 bridgehead atoms. The molecule has 0 N–H and O–H groups in total. The summed E-state index contributed by atoms with van der Waals surface area (Å²) in [6, 6.07) is 0. The first kappa shape index (κ1) is 7.61. The molecule has 0 aliphatic rings. The topological polar surface area (TPSA) is 17.8 Å². The van der Waals surface area contributed by atoms with Crippen LogP contribution in [-0.4, -0.2) is 9.55 Å². The third-order valence-electron chi connectivity index (χ3n) is 1.33. The van der Waals surface area contributed by atoms with E-state index in [4.69, 9.17) is 11.6 Å². The third-order valence-corrected chi connectivity index (χ3v) is 1.52. The van der Waals surface area contributed by atoms with Crippen molar-refractivity contribution in [2.24, 2.45) is 0 Å². The van der Waals surface area contributed by atoms with E-state index in [1.165, 1.54) is 0 Å². The highest BCUT2D eigenvalue weighted by atomic mass is 35.5. The highest BCUT2D eigenvalue weighted by molar-refractivity contribution is 6.29. The summed E-state index contributed by atoms with van der Waals surface area (Å²) in [5, 5.41) is 0.551. The van der Waals surface area contributed by atoms with Crippen LogP contribution >= 0.6 is 11.6 Å². The Bertz CT molecular complexity index is 222. The molecule has 1 heterocycles. The molecule has 0 aromatic carbocycles. The molecular weight excluding hydrogens is 148 g/mol. The molecule has 0 aliphatic heterocycles. The van der Waals surface area contributed by atoms with Gasteiger partial charge in [-0.3, -0.25) is 0 Å². The zero-order valence-electron chi connectivity index (χ0n) is 6.43. The van der Waals surface area contributed by atoms with Crippen molar-refractivity contribution in [2.75, 3.05) is 0 Å². The molecule has 3 heteroatoms. The lowest BCUT2D eigenvalue weighted by atomic mass is 10.1. The summed E-state index contributed by atoms with van der Waals surface area (Å²) in [7, 11) is 0. The van der Waals surface area contributed by atoms with E-state index in [2.05, 4.69) is 25.8 Å². The van der Waals surface area contributed by atoms with Crippen LogP contribution in [-0.2, 0) is 5.54 Å². The van der Waals surface area contributed by atoms with Crippen molar-refractivity contribution >= 4 is 11.6 Å². The van der Waals surface area contributed by atoms with E-state index in [1.807, 2.05) is 10.8 Å². The Morgan fingerprint density at radius 1 is 1.50 bits per heavy atom. The first-order valence-electron chi connectivity index (χ1n) is 3.20. The predicted molar refractivity (Wildman–Crippen MR) is 42.2 cm³/mol. The molecule has 0 atom stereocenters. The second-order valence-electron chi connectivity index (χ2n) is 3.27. The number of nitrogens with zero attached hydrogens (tertiary/aromatic N) is 2. The zero-order chi connectivity index (χ0) is 7.78. The van der Waals surface area contributed by atoms with Crippen LogP contribution in [0.25, 0.3) is 0 Å². The van der Waals surface area contributed by atoms with E-state index in [9.17, 15) is 0 Å². The number of hydrogen-bond acceptors (Lipinski definition) is 1. The number of halogens is 1. The first-order chi connectivity index (χ1) is 4.50. The lowest BCUT2D eigenvalue weighted by Crippen LogP contribution is -2.19. The average molecular weight is 159 g/mol. The first-order valence-corrected chi connectivity index (χ1v) is 3.58. The average Bonchev–Trinajstić information content (AvgIpc) is 2.11. The lowest BCUT2D eigenvalue weighted by Gasteiger charge is -2.19. The Labute approximate surface area is 65.8 Å². The molecule has 0 unspecified atom stereocenters. The Kier molecular flexibility index (Phi) is 1.73. The van der Waals surface area contributed by atoms with Crippen molar-refractivity contribution in [3.63, 3.8) is 0 Å². The quantitative estimate of drug-likeness (QED) is 0.567. The molecule has 0 amide bonds. The maximum atomic E-state index is 5.63. The summed E-state index contributed by atoms with van der Waals surface area (Å²) in [5.74, 6) is 0. The second-order valence-corrected chi connectivity index (χ2v) is 3.66. The van der Waals surface area contributed by atoms with Crippen LogP contribution in [0.2, 0.25) is 5.15 Å². The van der Waals surface area contributed by atoms with Crippen LogP contribution in [0.5, 0.6) is 0 Å². The maximum absolute atomic E-state index is 5.63. The minimum Gasteiger partial charge on any atom is -0.331 e. The second kappa shape index (κ2) is 2.27. The third kappa shape index (κ3) is 1.51. The van der Waals surface area contributed by atoms with Crippen molar-refractivity contribution in [2.45, 2.75) is 26.3 Å². The van der Waals surface area contributed by atoms with Crippen LogP contribution < -0.4 is 0 Å². The van der Waals surface area contributed by atoms with E-state index in [-0.39, 0.29) is 5.54 Å². The maximum Gasteiger partial charge on any atom is 0.147 e. The van der Waals surface area contributed by atoms with Gasteiger partial charge in [0, 0.05) is 11.7 Å². The van der Waals surface area contributed by atoms with Crippen molar-refractivity contribution in [1.29, 1.82) is 0 Å². The van der Waals surface area contributed by atoms with Gasteiger partial charge >= 0.3 is 0 Å². The van der Waals surface area contributed by atoms with Crippen molar-refractivity contribution in [3.05, 3.63) is 17.7 Å². The molecule has 0 aliphatic carbocycles. The predicted octanol–water partition coefficient (Wildman–Crippen LogP) is 2.29. The summed E-state index contributed by atoms with van der Waals surface area (Å²) < 4.78 is 1.98. The molecule has 10 heavy (non-hydrogen) atoms. The Balaban J connectivity index is 2.96. The molecule has 56 valence electrons.